The number of aryl methyl sites for hydroxylation is 1. The van der Waals surface area contributed by atoms with Crippen molar-refractivity contribution in [1.82, 2.24) is 10.2 Å². The molecular formula is C29H33Cl2N3O5S. The lowest BCUT2D eigenvalue weighted by molar-refractivity contribution is -0.139. The van der Waals surface area contributed by atoms with E-state index in [4.69, 9.17) is 27.9 Å². The van der Waals surface area contributed by atoms with Gasteiger partial charge in [0.25, 0.3) is 10.0 Å². The number of carbonyl (C=O) groups excluding carboxylic acids is 2. The Morgan fingerprint density at radius 3 is 2.23 bits per heavy atom. The van der Waals surface area contributed by atoms with E-state index in [9.17, 15) is 18.0 Å². The van der Waals surface area contributed by atoms with Gasteiger partial charge in [0.05, 0.1) is 27.7 Å². The molecule has 0 aromatic heterocycles. The molecule has 1 unspecified atom stereocenters. The summed E-state index contributed by atoms with van der Waals surface area (Å²) in [5.41, 5.74) is 1.75. The largest absolute Gasteiger partial charge is 0.497 e. The highest BCUT2D eigenvalue weighted by Crippen LogP contribution is 2.28. The third-order valence-corrected chi connectivity index (χ3v) is 8.69. The summed E-state index contributed by atoms with van der Waals surface area (Å²) in [6.07, 6.45) is 0. The fourth-order valence-electron chi connectivity index (χ4n) is 3.95. The van der Waals surface area contributed by atoms with Crippen LogP contribution in [0.15, 0.2) is 71.6 Å². The van der Waals surface area contributed by atoms with Crippen LogP contribution in [0, 0.1) is 6.92 Å². The zero-order valence-electron chi connectivity index (χ0n) is 23.0. The predicted molar refractivity (Wildman–Crippen MR) is 158 cm³/mol. The third-order valence-electron chi connectivity index (χ3n) is 6.16. The molecule has 3 aromatic carbocycles. The molecule has 0 fully saturated rings. The van der Waals surface area contributed by atoms with Crippen molar-refractivity contribution >= 4 is 50.7 Å². The van der Waals surface area contributed by atoms with Crippen LogP contribution in [0.3, 0.4) is 0 Å². The molecule has 0 spiro atoms. The highest BCUT2D eigenvalue weighted by Gasteiger charge is 2.33. The first-order chi connectivity index (χ1) is 18.8. The first-order valence-electron chi connectivity index (χ1n) is 12.6. The molecule has 1 atom stereocenters. The number of nitrogens with zero attached hydrogens (tertiary/aromatic N) is 2. The van der Waals surface area contributed by atoms with Gasteiger partial charge in [0.15, 0.2) is 0 Å². The van der Waals surface area contributed by atoms with E-state index < -0.39 is 28.5 Å². The molecule has 11 heteroatoms. The molecule has 2 amide bonds. The van der Waals surface area contributed by atoms with Crippen LogP contribution >= 0.6 is 23.2 Å². The number of rotatable bonds is 11. The van der Waals surface area contributed by atoms with Crippen molar-refractivity contribution in [3.05, 3.63) is 87.9 Å². The van der Waals surface area contributed by atoms with E-state index in [1.165, 1.54) is 30.2 Å². The van der Waals surface area contributed by atoms with Gasteiger partial charge < -0.3 is 15.0 Å². The maximum Gasteiger partial charge on any atom is 0.264 e. The van der Waals surface area contributed by atoms with Crippen molar-refractivity contribution in [3.63, 3.8) is 0 Å². The summed E-state index contributed by atoms with van der Waals surface area (Å²) in [5, 5.41) is 3.46. The van der Waals surface area contributed by atoms with Gasteiger partial charge in [-0.05, 0) is 69.7 Å². The minimum Gasteiger partial charge on any atom is -0.497 e. The number of sulfonamides is 1. The van der Waals surface area contributed by atoms with Gasteiger partial charge >= 0.3 is 0 Å². The van der Waals surface area contributed by atoms with Crippen LogP contribution in [-0.2, 0) is 26.2 Å². The molecule has 3 rings (SSSR count). The van der Waals surface area contributed by atoms with E-state index in [-0.39, 0.29) is 29.1 Å². The second-order valence-corrected chi connectivity index (χ2v) is 12.3. The zero-order chi connectivity index (χ0) is 29.6. The molecule has 3 aromatic rings. The Hall–Kier alpha value is -3.27. The molecule has 0 aliphatic rings. The average molecular weight is 607 g/mol. The molecule has 1 N–H and O–H groups in total. The highest BCUT2D eigenvalue weighted by molar-refractivity contribution is 7.92. The van der Waals surface area contributed by atoms with Gasteiger partial charge in [-0.1, -0.05) is 53.0 Å². The number of halogens is 2. The lowest BCUT2D eigenvalue weighted by Gasteiger charge is -2.32. The molecule has 0 heterocycles. The number of hydrogen-bond acceptors (Lipinski definition) is 5. The van der Waals surface area contributed by atoms with E-state index in [0.29, 0.717) is 21.4 Å². The first kappa shape index (κ1) is 31.3. The Kier molecular flexibility index (Phi) is 10.5. The highest BCUT2D eigenvalue weighted by atomic mass is 35.5. The summed E-state index contributed by atoms with van der Waals surface area (Å²) in [6, 6.07) is 16.6. The number of anilines is 1. The van der Waals surface area contributed by atoms with Crippen LogP contribution in [0.1, 0.15) is 31.9 Å². The number of hydrogen-bond donors (Lipinski definition) is 1. The molecule has 0 saturated carbocycles. The maximum absolute atomic E-state index is 14.0. The Balaban J connectivity index is 2.06. The van der Waals surface area contributed by atoms with Crippen molar-refractivity contribution in [2.45, 2.75) is 51.2 Å². The van der Waals surface area contributed by atoms with Crippen LogP contribution < -0.4 is 14.4 Å². The molecule has 8 nitrogen and oxygen atoms in total. The quantitative estimate of drug-likeness (QED) is 0.313. The fraction of sp³-hybridized carbons (Fsp3) is 0.310. The number of methoxy groups -OCH3 is 1. The summed E-state index contributed by atoms with van der Waals surface area (Å²) < 4.78 is 34.1. The van der Waals surface area contributed by atoms with Crippen LogP contribution in [0.25, 0.3) is 0 Å². The predicted octanol–water partition coefficient (Wildman–Crippen LogP) is 5.45. The minimum absolute atomic E-state index is 0.00106. The van der Waals surface area contributed by atoms with Crippen molar-refractivity contribution in [3.8, 4) is 5.75 Å². The summed E-state index contributed by atoms with van der Waals surface area (Å²) in [7, 11) is -2.71. The topological polar surface area (TPSA) is 96.0 Å². The van der Waals surface area contributed by atoms with Crippen LogP contribution in [0.4, 0.5) is 5.69 Å². The monoisotopic (exact) mass is 605 g/mol. The summed E-state index contributed by atoms with van der Waals surface area (Å²) in [5.74, 6) is -0.542. The van der Waals surface area contributed by atoms with Crippen LogP contribution in [0.2, 0.25) is 10.0 Å². The van der Waals surface area contributed by atoms with Crippen molar-refractivity contribution < 1.29 is 22.7 Å². The standard InChI is InChI=1S/C29H33Cl2N3O5S/c1-19(2)32-29(36)21(4)33(17-22-11-14-26(30)27(31)15-22)28(35)18-34(23-7-6-8-24(16-23)39-5)40(37,38)25-12-9-20(3)10-13-25/h6-16,19,21H,17-18H2,1-5H3,(H,32,36). The van der Waals surface area contributed by atoms with Crippen molar-refractivity contribution in [1.29, 1.82) is 0 Å². The molecule has 214 valence electrons. The number of amides is 2. The summed E-state index contributed by atoms with van der Waals surface area (Å²) in [4.78, 5) is 28.3. The lowest BCUT2D eigenvalue weighted by Crippen LogP contribution is -2.52. The van der Waals surface area contributed by atoms with Gasteiger partial charge in [-0.3, -0.25) is 13.9 Å². The van der Waals surface area contributed by atoms with E-state index in [2.05, 4.69) is 5.32 Å². The second-order valence-electron chi connectivity index (χ2n) is 9.64. The van der Waals surface area contributed by atoms with Gasteiger partial charge in [-0.25, -0.2) is 8.42 Å². The van der Waals surface area contributed by atoms with Gasteiger partial charge in [-0.15, -0.1) is 0 Å². The minimum atomic E-state index is -4.18. The van der Waals surface area contributed by atoms with Gasteiger partial charge in [-0.2, -0.15) is 0 Å². The SMILES string of the molecule is COc1cccc(N(CC(=O)N(Cc2ccc(Cl)c(Cl)c2)C(C)C(=O)NC(C)C)S(=O)(=O)c2ccc(C)cc2)c1. The Morgan fingerprint density at radius 1 is 0.950 bits per heavy atom. The Labute approximate surface area is 245 Å². The number of nitrogens with one attached hydrogen (secondary N) is 1. The maximum atomic E-state index is 14.0. The molecule has 0 radical (unpaired) electrons. The van der Waals surface area contributed by atoms with Gasteiger partial charge in [0.1, 0.15) is 18.3 Å². The van der Waals surface area contributed by atoms with Crippen molar-refractivity contribution in [2.24, 2.45) is 0 Å². The lowest BCUT2D eigenvalue weighted by atomic mass is 10.1. The zero-order valence-corrected chi connectivity index (χ0v) is 25.3. The average Bonchev–Trinajstić information content (AvgIpc) is 2.91. The Bertz CT molecular complexity index is 1460. The van der Waals surface area contributed by atoms with E-state index >= 15 is 0 Å². The van der Waals surface area contributed by atoms with E-state index in [1.54, 1.807) is 55.5 Å². The molecule has 0 aliphatic carbocycles. The summed E-state index contributed by atoms with van der Waals surface area (Å²) >= 11 is 12.3. The first-order valence-corrected chi connectivity index (χ1v) is 14.8. The summed E-state index contributed by atoms with van der Waals surface area (Å²) in [6.45, 7) is 6.51. The third kappa shape index (κ3) is 7.68. The van der Waals surface area contributed by atoms with Crippen LogP contribution in [0.5, 0.6) is 5.75 Å². The number of benzene rings is 3. The fourth-order valence-corrected chi connectivity index (χ4v) is 5.68. The van der Waals surface area contributed by atoms with Gasteiger partial charge in [0.2, 0.25) is 11.8 Å². The second kappa shape index (κ2) is 13.4. The molecule has 0 aliphatic heterocycles. The number of ether oxygens (including phenoxy) is 1. The van der Waals surface area contributed by atoms with Crippen LogP contribution in [-0.4, -0.2) is 50.9 Å². The molecule has 40 heavy (non-hydrogen) atoms. The molecule has 0 saturated heterocycles. The van der Waals surface area contributed by atoms with E-state index in [0.717, 1.165) is 9.87 Å². The number of carbonyl (C=O) groups is 2. The molecular weight excluding hydrogens is 573 g/mol. The Morgan fingerprint density at radius 2 is 1.62 bits per heavy atom. The smallest absolute Gasteiger partial charge is 0.264 e. The van der Waals surface area contributed by atoms with Crippen molar-refractivity contribution in [2.75, 3.05) is 18.0 Å². The normalized spacial score (nSPS) is 12.1. The van der Waals surface area contributed by atoms with E-state index in [1.807, 2.05) is 20.8 Å². The molecule has 0 bridgehead atoms. The van der Waals surface area contributed by atoms with Gasteiger partial charge in [0, 0.05) is 18.7 Å².